The molecule has 130 valence electrons. The Morgan fingerprint density at radius 1 is 1.04 bits per heavy atom. The Morgan fingerprint density at radius 2 is 1.61 bits per heavy atom. The van der Waals surface area contributed by atoms with E-state index in [1.54, 1.807) is 0 Å². The standard InChI is InChI=1S/C19H30N2.C2H6/c1-4-8-19(17(2)3)16-21-13-11-20(12-14-21)15-18-9-6-5-7-10-18;1-2/h5-7,9-10,19H,2,4,8,11-16H2,1,3H3;1-2H3. The minimum absolute atomic E-state index is 0.677. The molecular formula is C21H36N2. The van der Waals surface area contributed by atoms with E-state index in [-0.39, 0.29) is 0 Å². The smallest absolute Gasteiger partial charge is 0.0234 e. The van der Waals surface area contributed by atoms with Gasteiger partial charge in [0.2, 0.25) is 0 Å². The fourth-order valence-electron chi connectivity index (χ4n) is 3.13. The van der Waals surface area contributed by atoms with E-state index in [1.807, 2.05) is 13.8 Å². The molecule has 0 bridgehead atoms. The summed E-state index contributed by atoms with van der Waals surface area (Å²) in [6.07, 6.45) is 2.53. The summed E-state index contributed by atoms with van der Waals surface area (Å²) >= 11 is 0. The Bertz CT molecular complexity index is 419. The summed E-state index contributed by atoms with van der Waals surface area (Å²) in [5, 5.41) is 0. The molecule has 1 fully saturated rings. The van der Waals surface area contributed by atoms with Crippen LogP contribution in [0.3, 0.4) is 0 Å². The summed E-state index contributed by atoms with van der Waals surface area (Å²) in [6.45, 7) is 19.7. The molecule has 1 aliphatic heterocycles. The van der Waals surface area contributed by atoms with E-state index in [4.69, 9.17) is 0 Å². The van der Waals surface area contributed by atoms with Crippen LogP contribution in [0.1, 0.15) is 46.1 Å². The van der Waals surface area contributed by atoms with Gasteiger partial charge in [0.05, 0.1) is 0 Å². The van der Waals surface area contributed by atoms with Crippen LogP contribution in [-0.4, -0.2) is 42.5 Å². The van der Waals surface area contributed by atoms with Gasteiger partial charge in [-0.15, -0.1) is 0 Å². The molecule has 1 unspecified atom stereocenters. The van der Waals surface area contributed by atoms with Crippen LogP contribution in [0, 0.1) is 5.92 Å². The molecule has 1 saturated heterocycles. The maximum atomic E-state index is 4.17. The second kappa shape index (κ2) is 11.4. The molecule has 1 heterocycles. The summed E-state index contributed by atoms with van der Waals surface area (Å²) in [7, 11) is 0. The van der Waals surface area contributed by atoms with Gasteiger partial charge in [0, 0.05) is 39.3 Å². The van der Waals surface area contributed by atoms with Crippen molar-refractivity contribution in [3.8, 4) is 0 Å². The van der Waals surface area contributed by atoms with Gasteiger partial charge >= 0.3 is 0 Å². The average molecular weight is 317 g/mol. The Morgan fingerprint density at radius 3 is 2.13 bits per heavy atom. The van der Waals surface area contributed by atoms with Crippen molar-refractivity contribution in [2.75, 3.05) is 32.7 Å². The van der Waals surface area contributed by atoms with E-state index in [0.717, 1.165) is 6.54 Å². The monoisotopic (exact) mass is 316 g/mol. The van der Waals surface area contributed by atoms with Crippen LogP contribution in [0.15, 0.2) is 42.5 Å². The molecule has 0 N–H and O–H groups in total. The van der Waals surface area contributed by atoms with Crippen molar-refractivity contribution in [1.82, 2.24) is 9.80 Å². The number of nitrogens with zero attached hydrogens (tertiary/aromatic N) is 2. The van der Waals surface area contributed by atoms with Gasteiger partial charge in [-0.05, 0) is 24.8 Å². The Balaban J connectivity index is 0.00000127. The van der Waals surface area contributed by atoms with E-state index in [0.29, 0.717) is 5.92 Å². The summed E-state index contributed by atoms with van der Waals surface area (Å²) in [5.41, 5.74) is 2.78. The normalized spacial score (nSPS) is 17.2. The molecular weight excluding hydrogens is 280 g/mol. The lowest BCUT2D eigenvalue weighted by atomic mass is 9.96. The first-order valence-electron chi connectivity index (χ1n) is 9.33. The van der Waals surface area contributed by atoms with Crippen LogP contribution in [0.4, 0.5) is 0 Å². The molecule has 1 atom stereocenters. The lowest BCUT2D eigenvalue weighted by Gasteiger charge is -2.36. The van der Waals surface area contributed by atoms with Crippen LogP contribution < -0.4 is 0 Å². The van der Waals surface area contributed by atoms with Gasteiger partial charge in [0.25, 0.3) is 0 Å². The van der Waals surface area contributed by atoms with Gasteiger partial charge < -0.3 is 4.90 Å². The molecule has 0 spiro atoms. The molecule has 2 rings (SSSR count). The van der Waals surface area contributed by atoms with Gasteiger partial charge in [-0.1, -0.05) is 69.7 Å². The topological polar surface area (TPSA) is 6.48 Å². The highest BCUT2D eigenvalue weighted by Crippen LogP contribution is 2.18. The molecule has 0 aromatic heterocycles. The fraction of sp³-hybridized carbons (Fsp3) is 0.619. The predicted octanol–water partition coefficient (Wildman–Crippen LogP) is 4.82. The SMILES string of the molecule is C=C(C)C(CCC)CN1CCN(Cc2ccccc2)CC1.CC. The maximum Gasteiger partial charge on any atom is 0.0234 e. The van der Waals surface area contributed by atoms with E-state index in [2.05, 4.69) is 60.6 Å². The Kier molecular flexibility index (Phi) is 9.89. The van der Waals surface area contributed by atoms with Gasteiger partial charge in [-0.2, -0.15) is 0 Å². The quantitative estimate of drug-likeness (QED) is 0.665. The maximum absolute atomic E-state index is 4.17. The Labute approximate surface area is 144 Å². The van der Waals surface area contributed by atoms with Crippen molar-refractivity contribution >= 4 is 0 Å². The third kappa shape index (κ3) is 7.32. The molecule has 1 aromatic carbocycles. The molecule has 1 aromatic rings. The summed E-state index contributed by atoms with van der Waals surface area (Å²) in [6, 6.07) is 10.8. The summed E-state index contributed by atoms with van der Waals surface area (Å²) < 4.78 is 0. The molecule has 2 heteroatoms. The van der Waals surface area contributed by atoms with Crippen LogP contribution in [0.5, 0.6) is 0 Å². The van der Waals surface area contributed by atoms with Crippen molar-refractivity contribution in [2.24, 2.45) is 5.92 Å². The minimum atomic E-state index is 0.677. The molecule has 23 heavy (non-hydrogen) atoms. The zero-order valence-electron chi connectivity index (χ0n) is 15.7. The highest BCUT2D eigenvalue weighted by atomic mass is 15.3. The first-order chi connectivity index (χ1) is 11.2. The molecule has 0 amide bonds. The second-order valence-electron chi connectivity index (χ2n) is 6.39. The molecule has 1 aliphatic rings. The first-order valence-corrected chi connectivity index (χ1v) is 9.33. The minimum Gasteiger partial charge on any atom is -0.300 e. The van der Waals surface area contributed by atoms with Crippen LogP contribution in [-0.2, 0) is 6.54 Å². The van der Waals surface area contributed by atoms with Gasteiger partial charge in [0.15, 0.2) is 0 Å². The van der Waals surface area contributed by atoms with Gasteiger partial charge in [-0.3, -0.25) is 4.90 Å². The van der Waals surface area contributed by atoms with Crippen LogP contribution >= 0.6 is 0 Å². The first kappa shape index (κ1) is 19.9. The number of hydrogen-bond acceptors (Lipinski definition) is 2. The highest BCUT2D eigenvalue weighted by Gasteiger charge is 2.20. The lowest BCUT2D eigenvalue weighted by Crippen LogP contribution is -2.47. The van der Waals surface area contributed by atoms with E-state index < -0.39 is 0 Å². The third-order valence-corrected chi connectivity index (χ3v) is 4.53. The molecule has 0 saturated carbocycles. The molecule has 2 nitrogen and oxygen atoms in total. The largest absolute Gasteiger partial charge is 0.300 e. The highest BCUT2D eigenvalue weighted by molar-refractivity contribution is 5.14. The predicted molar refractivity (Wildman–Crippen MR) is 103 cm³/mol. The zero-order valence-corrected chi connectivity index (χ0v) is 15.7. The third-order valence-electron chi connectivity index (χ3n) is 4.53. The van der Waals surface area contributed by atoms with E-state index in [1.165, 1.54) is 56.7 Å². The van der Waals surface area contributed by atoms with E-state index in [9.17, 15) is 0 Å². The summed E-state index contributed by atoms with van der Waals surface area (Å²) in [4.78, 5) is 5.19. The Hall–Kier alpha value is -1.12. The number of benzene rings is 1. The van der Waals surface area contributed by atoms with Crippen LogP contribution in [0.25, 0.3) is 0 Å². The number of piperazine rings is 1. The van der Waals surface area contributed by atoms with Crippen molar-refractivity contribution in [3.05, 3.63) is 48.0 Å². The van der Waals surface area contributed by atoms with E-state index >= 15 is 0 Å². The van der Waals surface area contributed by atoms with Crippen LogP contribution in [0.2, 0.25) is 0 Å². The number of hydrogen-bond donors (Lipinski definition) is 0. The second-order valence-corrected chi connectivity index (χ2v) is 6.39. The number of rotatable bonds is 7. The molecule has 0 radical (unpaired) electrons. The van der Waals surface area contributed by atoms with Crippen molar-refractivity contribution in [3.63, 3.8) is 0 Å². The zero-order chi connectivity index (χ0) is 17.1. The van der Waals surface area contributed by atoms with Gasteiger partial charge in [0.1, 0.15) is 0 Å². The average Bonchev–Trinajstić information content (AvgIpc) is 2.59. The molecule has 0 aliphatic carbocycles. The summed E-state index contributed by atoms with van der Waals surface area (Å²) in [5.74, 6) is 0.677. The fourth-order valence-corrected chi connectivity index (χ4v) is 3.13. The lowest BCUT2D eigenvalue weighted by molar-refractivity contribution is 0.116. The van der Waals surface area contributed by atoms with Crippen molar-refractivity contribution < 1.29 is 0 Å². The van der Waals surface area contributed by atoms with Crippen molar-refractivity contribution in [2.45, 2.75) is 47.1 Å². The van der Waals surface area contributed by atoms with Crippen molar-refractivity contribution in [1.29, 1.82) is 0 Å². The van der Waals surface area contributed by atoms with Gasteiger partial charge in [-0.25, -0.2) is 0 Å².